The molecule has 3 N–H and O–H groups in total. The van der Waals surface area contributed by atoms with Crippen molar-refractivity contribution in [1.29, 1.82) is 0 Å². The number of hydrogen-bond acceptors (Lipinski definition) is 5. The number of nitrogens with zero attached hydrogens (tertiary/aromatic N) is 2. The molecule has 1 aromatic carbocycles. The molecule has 1 saturated heterocycles. The highest BCUT2D eigenvalue weighted by Crippen LogP contribution is 2.12. The van der Waals surface area contributed by atoms with Crippen LogP contribution in [-0.4, -0.2) is 53.6 Å². The molecule has 1 fully saturated rings. The fourth-order valence-corrected chi connectivity index (χ4v) is 2.64. The van der Waals surface area contributed by atoms with Gasteiger partial charge in [-0.2, -0.15) is 0 Å². The van der Waals surface area contributed by atoms with E-state index in [4.69, 9.17) is 10.5 Å². The maximum Gasteiger partial charge on any atom is 0.415 e. The highest BCUT2D eigenvalue weighted by Gasteiger charge is 2.21. The van der Waals surface area contributed by atoms with Crippen LogP contribution in [0.1, 0.15) is 33.6 Å². The minimum absolute atomic E-state index is 0.359. The van der Waals surface area contributed by atoms with E-state index < -0.39 is 0 Å². The Balaban J connectivity index is 0.000000314. The zero-order valence-electron chi connectivity index (χ0n) is 18.1. The fourth-order valence-electron chi connectivity index (χ4n) is 2.64. The lowest BCUT2D eigenvalue weighted by Gasteiger charge is -2.31. The largest absolute Gasteiger partial charge is 0.513 e. The second kappa shape index (κ2) is 13.9. The zero-order valence-corrected chi connectivity index (χ0v) is 18.1. The summed E-state index contributed by atoms with van der Waals surface area (Å²) in [4.78, 5) is 25.5. The number of para-hydroxylation sites is 1. The number of benzene rings is 1. The molecule has 164 valence electrons. The summed E-state index contributed by atoms with van der Waals surface area (Å²) in [6.45, 7) is 7.76. The quantitative estimate of drug-likeness (QED) is 0.416. The Morgan fingerprint density at radius 3 is 2.30 bits per heavy atom. The van der Waals surface area contributed by atoms with Gasteiger partial charge in [0.05, 0.1) is 5.76 Å². The summed E-state index contributed by atoms with van der Waals surface area (Å²) in [5.74, 6) is 0.968. The van der Waals surface area contributed by atoms with Crippen molar-refractivity contribution in [1.82, 2.24) is 9.80 Å². The van der Waals surface area contributed by atoms with Gasteiger partial charge in [-0.05, 0) is 50.5 Å². The van der Waals surface area contributed by atoms with Gasteiger partial charge in [0.2, 0.25) is 6.41 Å². The number of rotatable bonds is 6. The minimum atomic E-state index is -0.359. The molecule has 0 aliphatic carbocycles. The molecule has 0 unspecified atom stereocenters. The number of nitrogens with two attached hydrogens (primary N) is 1. The topological polar surface area (TPSA) is 96.1 Å². The maximum atomic E-state index is 11.8. The number of aliphatic hydroxyl groups is 1. The van der Waals surface area contributed by atoms with Crippen LogP contribution < -0.4 is 10.5 Å². The Morgan fingerprint density at radius 2 is 1.80 bits per heavy atom. The molecule has 0 atom stereocenters. The van der Waals surface area contributed by atoms with Crippen LogP contribution in [-0.2, 0) is 4.79 Å². The molecule has 0 spiro atoms. The predicted molar refractivity (Wildman–Crippen MR) is 119 cm³/mol. The molecule has 2 rings (SSSR count). The molecular weight excluding hydrogens is 382 g/mol. The molecule has 1 aromatic rings. The first-order chi connectivity index (χ1) is 14.4. The number of ether oxygens (including phenoxy) is 1. The van der Waals surface area contributed by atoms with E-state index >= 15 is 0 Å². The van der Waals surface area contributed by atoms with Gasteiger partial charge in [-0.15, -0.1) is 0 Å². The maximum absolute atomic E-state index is 11.8. The number of aliphatic hydroxyl groups excluding tert-OH is 1. The van der Waals surface area contributed by atoms with Crippen LogP contribution in [0.3, 0.4) is 0 Å². The summed E-state index contributed by atoms with van der Waals surface area (Å²) in [6, 6.07) is 8.96. The molecule has 0 radical (unpaired) electrons. The Kier molecular flexibility index (Phi) is 11.5. The molecule has 1 heterocycles. The first-order valence-corrected chi connectivity index (χ1v) is 10.0. The van der Waals surface area contributed by atoms with E-state index in [1.54, 1.807) is 28.9 Å². The van der Waals surface area contributed by atoms with Gasteiger partial charge in [-0.1, -0.05) is 37.3 Å². The highest BCUT2D eigenvalue weighted by molar-refractivity contribution is 5.71. The van der Waals surface area contributed by atoms with E-state index in [0.29, 0.717) is 37.7 Å². The van der Waals surface area contributed by atoms with Crippen molar-refractivity contribution in [2.75, 3.05) is 26.2 Å². The Labute approximate surface area is 179 Å². The van der Waals surface area contributed by atoms with Crippen molar-refractivity contribution in [3.63, 3.8) is 0 Å². The summed E-state index contributed by atoms with van der Waals surface area (Å²) in [5, 5.41) is 9.23. The van der Waals surface area contributed by atoms with E-state index in [9.17, 15) is 14.7 Å². The lowest BCUT2D eigenvalue weighted by atomic mass is 10.1. The van der Waals surface area contributed by atoms with E-state index in [1.807, 2.05) is 50.3 Å². The van der Waals surface area contributed by atoms with E-state index in [-0.39, 0.29) is 6.09 Å². The van der Waals surface area contributed by atoms with E-state index in [1.165, 1.54) is 0 Å². The molecule has 0 aromatic heterocycles. The first kappa shape index (κ1) is 24.8. The molecule has 0 bridgehead atoms. The van der Waals surface area contributed by atoms with Gasteiger partial charge >= 0.3 is 6.09 Å². The van der Waals surface area contributed by atoms with Crippen LogP contribution in [0.2, 0.25) is 0 Å². The van der Waals surface area contributed by atoms with Gasteiger partial charge in [-0.3, -0.25) is 4.79 Å². The van der Waals surface area contributed by atoms with Crippen LogP contribution in [0.5, 0.6) is 5.75 Å². The van der Waals surface area contributed by atoms with Gasteiger partial charge in [0.15, 0.2) is 0 Å². The molecule has 2 amide bonds. The van der Waals surface area contributed by atoms with Crippen molar-refractivity contribution < 1.29 is 19.4 Å². The Morgan fingerprint density at radius 1 is 1.17 bits per heavy atom. The SMILES string of the molecule is CC/C(CC=C/C=C(\C)N)=C(/C)O.O=CN1CCN(C(=O)Oc2ccccc2)CC1. The van der Waals surface area contributed by atoms with Crippen molar-refractivity contribution in [2.24, 2.45) is 5.73 Å². The van der Waals surface area contributed by atoms with Crippen molar-refractivity contribution in [3.8, 4) is 5.75 Å². The van der Waals surface area contributed by atoms with E-state index in [0.717, 1.165) is 30.5 Å². The van der Waals surface area contributed by atoms with Crippen molar-refractivity contribution in [2.45, 2.75) is 33.6 Å². The third-order valence-electron chi connectivity index (χ3n) is 4.47. The van der Waals surface area contributed by atoms with Crippen LogP contribution in [0.4, 0.5) is 4.79 Å². The number of carbonyl (C=O) groups is 2. The van der Waals surface area contributed by atoms with Crippen molar-refractivity contribution >= 4 is 12.5 Å². The average Bonchev–Trinajstić information content (AvgIpc) is 2.74. The predicted octanol–water partition coefficient (Wildman–Crippen LogP) is 4.00. The molecular formula is C23H33N3O4. The summed E-state index contributed by atoms with van der Waals surface area (Å²) in [5.41, 5.74) is 7.31. The normalized spacial score (nSPS) is 15.2. The lowest BCUT2D eigenvalue weighted by molar-refractivity contribution is -0.119. The number of hydrogen-bond donors (Lipinski definition) is 2. The second-order valence-corrected chi connectivity index (χ2v) is 6.89. The minimum Gasteiger partial charge on any atom is -0.513 e. The molecule has 7 heteroatoms. The summed E-state index contributed by atoms with van der Waals surface area (Å²) >= 11 is 0. The molecule has 1 aliphatic rings. The van der Waals surface area contributed by atoms with Crippen LogP contribution >= 0.6 is 0 Å². The Bertz CT molecular complexity index is 741. The third kappa shape index (κ3) is 9.82. The number of carbonyl (C=O) groups excluding carboxylic acids is 2. The van der Waals surface area contributed by atoms with Crippen molar-refractivity contribution in [3.05, 3.63) is 65.6 Å². The molecule has 0 saturated carbocycles. The number of allylic oxidation sites excluding steroid dienone is 6. The fraction of sp³-hybridized carbons (Fsp3) is 0.391. The monoisotopic (exact) mass is 415 g/mol. The first-order valence-electron chi connectivity index (χ1n) is 10.0. The molecule has 7 nitrogen and oxygen atoms in total. The summed E-state index contributed by atoms with van der Waals surface area (Å²) in [6.07, 6.45) is 7.88. The third-order valence-corrected chi connectivity index (χ3v) is 4.47. The average molecular weight is 416 g/mol. The van der Waals surface area contributed by atoms with Crippen LogP contribution in [0, 0.1) is 0 Å². The smallest absolute Gasteiger partial charge is 0.415 e. The molecule has 30 heavy (non-hydrogen) atoms. The molecule has 1 aliphatic heterocycles. The van der Waals surface area contributed by atoms with Crippen LogP contribution in [0.25, 0.3) is 0 Å². The zero-order chi connectivity index (χ0) is 22.4. The van der Waals surface area contributed by atoms with Crippen LogP contribution in [0.15, 0.2) is 65.6 Å². The van der Waals surface area contributed by atoms with Gasteiger partial charge in [0.25, 0.3) is 0 Å². The second-order valence-electron chi connectivity index (χ2n) is 6.89. The van der Waals surface area contributed by atoms with Gasteiger partial charge in [-0.25, -0.2) is 4.79 Å². The standard InChI is InChI=1S/C12H14N2O3.C11H19NO/c15-10-13-6-8-14(9-7-13)12(16)17-11-4-2-1-3-5-11;1-4-11(10(3)13)8-6-5-7-9(2)12/h1-5,10H,6-9H2;5-7,13H,4,8,12H2,1-3H3/b;6-5?,9-7+,11-10+. The van der Waals surface area contributed by atoms with Gasteiger partial charge in [0.1, 0.15) is 5.75 Å². The lowest BCUT2D eigenvalue weighted by Crippen LogP contribution is -2.49. The number of piperazine rings is 1. The number of amides is 2. The van der Waals surface area contributed by atoms with Gasteiger partial charge < -0.3 is 25.4 Å². The summed E-state index contributed by atoms with van der Waals surface area (Å²) < 4.78 is 5.20. The Hall–Kier alpha value is -3.22. The van der Waals surface area contributed by atoms with Gasteiger partial charge in [0, 0.05) is 31.9 Å². The van der Waals surface area contributed by atoms with E-state index in [2.05, 4.69) is 0 Å². The summed E-state index contributed by atoms with van der Waals surface area (Å²) in [7, 11) is 0. The highest BCUT2D eigenvalue weighted by atomic mass is 16.6.